The Morgan fingerprint density at radius 2 is 0.786 bits per heavy atom. The van der Waals surface area contributed by atoms with E-state index in [1.165, 1.54) is 250 Å². The molecule has 3 atom stereocenters. The zero-order valence-electron chi connectivity index (χ0n) is 47.5. The molecule has 3 N–H and O–H groups in total. The molecule has 0 aliphatic rings. The third-order valence-electron chi connectivity index (χ3n) is 14.2. The number of carbonyl (C=O) groups is 1. The van der Waals surface area contributed by atoms with E-state index in [9.17, 15) is 19.4 Å². The first-order valence-corrected chi connectivity index (χ1v) is 32.2. The number of phosphoric acid groups is 1. The van der Waals surface area contributed by atoms with Crippen LogP contribution in [0, 0.1) is 0 Å². The molecule has 0 rings (SSSR count). The number of likely N-dealkylation sites (N-methyl/N-ethyl adjacent to an activating group) is 1. The predicted molar refractivity (Wildman–Crippen MR) is 305 cm³/mol. The number of rotatable bonds is 57. The van der Waals surface area contributed by atoms with Gasteiger partial charge in [0.1, 0.15) is 13.2 Å². The molecule has 9 heteroatoms. The van der Waals surface area contributed by atoms with Gasteiger partial charge in [-0.05, 0) is 32.1 Å². The smallest absolute Gasteiger partial charge is 0.387 e. The number of aliphatic hydroxyl groups is 1. The molecule has 0 fully saturated rings. The molecule has 0 aliphatic heterocycles. The quantitative estimate of drug-likeness (QED) is 0.0243. The van der Waals surface area contributed by atoms with Crippen LogP contribution in [0.25, 0.3) is 0 Å². The summed E-state index contributed by atoms with van der Waals surface area (Å²) >= 11 is 0. The highest BCUT2D eigenvalue weighted by atomic mass is 31.2. The summed E-state index contributed by atoms with van der Waals surface area (Å²) in [6, 6.07) is -0.860. The van der Waals surface area contributed by atoms with Gasteiger partial charge >= 0.3 is 7.82 Å². The molecule has 70 heavy (non-hydrogen) atoms. The Labute approximate surface area is 436 Å². The summed E-state index contributed by atoms with van der Waals surface area (Å²) in [6.07, 6.45) is 67.3. The third-order valence-corrected chi connectivity index (χ3v) is 15.2. The number of nitrogens with one attached hydrogen (secondary N) is 1. The van der Waals surface area contributed by atoms with Crippen molar-refractivity contribution >= 4 is 13.7 Å². The molecule has 8 nitrogen and oxygen atoms in total. The fraction of sp³-hybridized carbons (Fsp3) is 0.918. The maximum Gasteiger partial charge on any atom is 0.472 e. The van der Waals surface area contributed by atoms with Crippen molar-refractivity contribution in [3.8, 4) is 0 Å². The standard InChI is InChI=1S/C61H121N2O6P/c1-6-8-10-12-14-16-18-20-22-24-26-28-30-31-32-33-34-36-38-40-42-44-46-48-50-52-54-60(64)59(58-69-70(66,67)68-57-56-63(3,4)5)62-61(65)55-53-51-49-47-45-43-41-39-37-35-29-27-25-23-21-19-17-15-13-11-9-7-2/h44,46,52,54,59-60,64H,6-43,45,47-51,53,55-58H2,1-5H3,(H-,62,65,66,67)/p+1/b46-44+,54-52+. The van der Waals surface area contributed by atoms with Gasteiger partial charge in [0.05, 0.1) is 39.9 Å². The lowest BCUT2D eigenvalue weighted by atomic mass is 10.0. The fourth-order valence-electron chi connectivity index (χ4n) is 9.36. The first-order chi connectivity index (χ1) is 34.0. The van der Waals surface area contributed by atoms with Gasteiger partial charge in [-0.15, -0.1) is 0 Å². The van der Waals surface area contributed by atoms with Gasteiger partial charge in [-0.2, -0.15) is 0 Å². The van der Waals surface area contributed by atoms with E-state index in [1.807, 2.05) is 27.2 Å². The van der Waals surface area contributed by atoms with Crippen LogP contribution in [0.2, 0.25) is 0 Å². The Morgan fingerprint density at radius 1 is 0.471 bits per heavy atom. The van der Waals surface area contributed by atoms with Crippen LogP contribution < -0.4 is 5.32 Å². The van der Waals surface area contributed by atoms with Crippen LogP contribution >= 0.6 is 7.82 Å². The molecule has 0 spiro atoms. The maximum atomic E-state index is 13.0. The summed E-state index contributed by atoms with van der Waals surface area (Å²) in [6.45, 7) is 4.85. The monoisotopic (exact) mass is 1010 g/mol. The summed E-state index contributed by atoms with van der Waals surface area (Å²) in [5.74, 6) is -0.180. The molecule has 0 saturated carbocycles. The molecule has 0 aromatic carbocycles. The number of phosphoric ester groups is 1. The average Bonchev–Trinajstić information content (AvgIpc) is 3.32. The van der Waals surface area contributed by atoms with Crippen LogP contribution in [-0.4, -0.2) is 73.4 Å². The van der Waals surface area contributed by atoms with E-state index in [2.05, 4.69) is 31.3 Å². The Morgan fingerprint density at radius 3 is 1.14 bits per heavy atom. The zero-order valence-corrected chi connectivity index (χ0v) is 48.4. The number of nitrogens with zero attached hydrogens (tertiary/aromatic N) is 1. The number of quaternary nitrogens is 1. The van der Waals surface area contributed by atoms with E-state index in [4.69, 9.17) is 9.05 Å². The SMILES string of the molecule is CCCCCCCCCCCCCCCCCCCCCC/C=C/CC/C=C/C(O)C(COP(=O)(O)OCC[N+](C)(C)C)NC(=O)CCCCCCCCCCCCCCCCCCCCCCCC. The summed E-state index contributed by atoms with van der Waals surface area (Å²) in [5, 5.41) is 13.9. The highest BCUT2D eigenvalue weighted by Gasteiger charge is 2.27. The van der Waals surface area contributed by atoms with Crippen molar-refractivity contribution in [1.29, 1.82) is 0 Å². The van der Waals surface area contributed by atoms with Gasteiger partial charge in [-0.1, -0.05) is 295 Å². The van der Waals surface area contributed by atoms with E-state index < -0.39 is 20.0 Å². The van der Waals surface area contributed by atoms with E-state index in [1.54, 1.807) is 6.08 Å². The normalized spacial score (nSPS) is 14.0. The van der Waals surface area contributed by atoms with Crippen molar-refractivity contribution in [3.05, 3.63) is 24.3 Å². The van der Waals surface area contributed by atoms with E-state index >= 15 is 0 Å². The zero-order chi connectivity index (χ0) is 51.3. The van der Waals surface area contributed by atoms with E-state index in [0.717, 1.165) is 38.5 Å². The number of unbranched alkanes of at least 4 members (excludes halogenated alkanes) is 42. The molecular formula is C61H122N2O6P+. The lowest BCUT2D eigenvalue weighted by molar-refractivity contribution is -0.870. The minimum absolute atomic E-state index is 0.0589. The second-order valence-corrected chi connectivity index (χ2v) is 23.9. The van der Waals surface area contributed by atoms with Crippen molar-refractivity contribution in [1.82, 2.24) is 5.32 Å². The number of carbonyl (C=O) groups excluding carboxylic acids is 1. The Balaban J connectivity index is 4.18. The van der Waals surface area contributed by atoms with Gasteiger partial charge in [0.2, 0.25) is 5.91 Å². The lowest BCUT2D eigenvalue weighted by Gasteiger charge is -2.25. The molecule has 0 radical (unpaired) electrons. The fourth-order valence-corrected chi connectivity index (χ4v) is 10.1. The lowest BCUT2D eigenvalue weighted by Crippen LogP contribution is -2.45. The number of hydrogen-bond donors (Lipinski definition) is 3. The molecule has 0 aromatic rings. The molecule has 416 valence electrons. The van der Waals surface area contributed by atoms with Crippen molar-refractivity contribution in [2.45, 2.75) is 321 Å². The molecule has 0 aliphatic carbocycles. The van der Waals surface area contributed by atoms with Gasteiger partial charge in [-0.25, -0.2) is 4.57 Å². The summed E-state index contributed by atoms with van der Waals surface area (Å²) in [5.41, 5.74) is 0. The number of aliphatic hydroxyl groups excluding tert-OH is 1. The minimum Gasteiger partial charge on any atom is -0.387 e. The third kappa shape index (κ3) is 54.7. The topological polar surface area (TPSA) is 105 Å². The average molecular weight is 1010 g/mol. The summed E-state index contributed by atoms with van der Waals surface area (Å²) < 4.78 is 23.7. The van der Waals surface area contributed by atoms with Gasteiger partial charge in [0.25, 0.3) is 0 Å². The number of amides is 1. The second kappa shape index (κ2) is 52.8. The summed E-state index contributed by atoms with van der Waals surface area (Å²) in [4.78, 5) is 23.3. The maximum absolute atomic E-state index is 13.0. The number of hydrogen-bond acceptors (Lipinski definition) is 5. The first kappa shape index (κ1) is 69.0. The Hall–Kier alpha value is -1.02. The second-order valence-electron chi connectivity index (χ2n) is 22.4. The number of allylic oxidation sites excluding steroid dienone is 3. The largest absolute Gasteiger partial charge is 0.472 e. The molecule has 0 saturated heterocycles. The van der Waals surface area contributed by atoms with Crippen LogP contribution in [0.1, 0.15) is 309 Å². The predicted octanol–water partition coefficient (Wildman–Crippen LogP) is 18.8. The van der Waals surface area contributed by atoms with E-state index in [0.29, 0.717) is 17.4 Å². The van der Waals surface area contributed by atoms with Gasteiger partial charge < -0.3 is 19.8 Å². The van der Waals surface area contributed by atoms with E-state index in [-0.39, 0.29) is 19.1 Å². The van der Waals surface area contributed by atoms with Crippen LogP contribution in [-0.2, 0) is 18.4 Å². The summed E-state index contributed by atoms with van der Waals surface area (Å²) in [7, 11) is 1.57. The van der Waals surface area contributed by atoms with Gasteiger partial charge in [0.15, 0.2) is 0 Å². The Kier molecular flexibility index (Phi) is 52.1. The van der Waals surface area contributed by atoms with Crippen LogP contribution in [0.4, 0.5) is 0 Å². The molecule has 1 amide bonds. The minimum atomic E-state index is -4.35. The molecule has 3 unspecified atom stereocenters. The van der Waals surface area contributed by atoms with Crippen molar-refractivity contribution in [2.24, 2.45) is 0 Å². The van der Waals surface area contributed by atoms with Crippen LogP contribution in [0.3, 0.4) is 0 Å². The highest BCUT2D eigenvalue weighted by molar-refractivity contribution is 7.47. The highest BCUT2D eigenvalue weighted by Crippen LogP contribution is 2.43. The van der Waals surface area contributed by atoms with Crippen LogP contribution in [0.15, 0.2) is 24.3 Å². The van der Waals surface area contributed by atoms with Crippen molar-refractivity contribution in [2.75, 3.05) is 40.9 Å². The van der Waals surface area contributed by atoms with Crippen molar-refractivity contribution < 1.29 is 32.9 Å². The Bertz CT molecular complexity index is 1190. The van der Waals surface area contributed by atoms with Crippen LogP contribution in [0.5, 0.6) is 0 Å². The van der Waals surface area contributed by atoms with Crippen molar-refractivity contribution in [3.63, 3.8) is 0 Å². The molecule has 0 aromatic heterocycles. The molecule has 0 bridgehead atoms. The first-order valence-electron chi connectivity index (χ1n) is 30.7. The molecular weight excluding hydrogens is 888 g/mol. The molecule has 0 heterocycles. The van der Waals surface area contributed by atoms with Gasteiger partial charge in [0, 0.05) is 6.42 Å². The van der Waals surface area contributed by atoms with Gasteiger partial charge in [-0.3, -0.25) is 13.8 Å².